The largest absolute Gasteiger partial charge is 0.338 e. The van der Waals surface area contributed by atoms with Crippen molar-refractivity contribution in [2.75, 3.05) is 19.6 Å². The van der Waals surface area contributed by atoms with E-state index in [1.807, 2.05) is 17.2 Å². The minimum atomic E-state index is 0.0418. The Hall–Kier alpha value is -1.78. The number of hydrogen-bond acceptors (Lipinski definition) is 2. The highest BCUT2D eigenvalue weighted by atomic mass is 16.2. The number of hydrogen-bond donors (Lipinski definition) is 1. The zero-order chi connectivity index (χ0) is 16.9. The lowest BCUT2D eigenvalue weighted by molar-refractivity contribution is 0.178. The molecule has 132 valence electrons. The summed E-state index contributed by atoms with van der Waals surface area (Å²) in [6.07, 6.45) is 10.2. The van der Waals surface area contributed by atoms with Gasteiger partial charge in [-0.15, -0.1) is 0 Å². The van der Waals surface area contributed by atoms with E-state index in [9.17, 15) is 9.59 Å². The number of likely N-dealkylation sites (tertiary alicyclic amines) is 1. The Morgan fingerprint density at radius 2 is 1.88 bits per heavy atom. The first-order valence-corrected chi connectivity index (χ1v) is 9.33. The summed E-state index contributed by atoms with van der Waals surface area (Å²) in [5, 5.41) is 3.13. The second kappa shape index (κ2) is 7.86. The molecular weight excluding hydrogens is 302 g/mol. The SMILES string of the molecule is Cn1ccc(C2CCN(C(=O)NCC3CCCCC3)CC2)cc1=O. The fourth-order valence-corrected chi connectivity index (χ4v) is 3.97. The van der Waals surface area contributed by atoms with E-state index in [-0.39, 0.29) is 11.6 Å². The van der Waals surface area contributed by atoms with Crippen LogP contribution in [-0.2, 0) is 7.05 Å². The van der Waals surface area contributed by atoms with Crippen LogP contribution in [0.5, 0.6) is 0 Å². The van der Waals surface area contributed by atoms with Crippen LogP contribution in [0.3, 0.4) is 0 Å². The summed E-state index contributed by atoms with van der Waals surface area (Å²) in [4.78, 5) is 26.1. The summed E-state index contributed by atoms with van der Waals surface area (Å²) in [6, 6.07) is 3.86. The van der Waals surface area contributed by atoms with E-state index in [1.165, 1.54) is 32.1 Å². The molecule has 5 nitrogen and oxygen atoms in total. The maximum atomic E-state index is 12.3. The lowest BCUT2D eigenvalue weighted by atomic mass is 9.89. The number of amides is 2. The quantitative estimate of drug-likeness (QED) is 0.926. The molecule has 2 amide bonds. The zero-order valence-corrected chi connectivity index (χ0v) is 14.7. The molecule has 1 saturated carbocycles. The predicted octanol–water partition coefficient (Wildman–Crippen LogP) is 2.85. The average molecular weight is 331 g/mol. The first-order chi connectivity index (χ1) is 11.6. The van der Waals surface area contributed by atoms with Crippen LogP contribution in [-0.4, -0.2) is 35.1 Å². The molecule has 0 bridgehead atoms. The van der Waals surface area contributed by atoms with Gasteiger partial charge in [0, 0.05) is 38.9 Å². The zero-order valence-electron chi connectivity index (χ0n) is 14.7. The molecule has 3 rings (SSSR count). The number of piperidine rings is 1. The number of rotatable bonds is 3. The summed E-state index contributed by atoms with van der Waals surface area (Å²) >= 11 is 0. The molecule has 1 aliphatic carbocycles. The molecule has 2 fully saturated rings. The summed E-state index contributed by atoms with van der Waals surface area (Å²) in [6.45, 7) is 2.38. The van der Waals surface area contributed by atoms with Crippen LogP contribution in [0.25, 0.3) is 0 Å². The second-order valence-corrected chi connectivity index (χ2v) is 7.36. The van der Waals surface area contributed by atoms with Crippen LogP contribution in [0.15, 0.2) is 23.1 Å². The van der Waals surface area contributed by atoms with Crippen LogP contribution in [0.4, 0.5) is 4.79 Å². The number of carbonyl (C=O) groups excluding carboxylic acids is 1. The van der Waals surface area contributed by atoms with Gasteiger partial charge in [-0.3, -0.25) is 4.79 Å². The van der Waals surface area contributed by atoms with Gasteiger partial charge in [-0.2, -0.15) is 0 Å². The Kier molecular flexibility index (Phi) is 5.59. The molecule has 0 unspecified atom stereocenters. The number of aryl methyl sites for hydroxylation is 1. The molecule has 2 aliphatic rings. The number of urea groups is 1. The van der Waals surface area contributed by atoms with Gasteiger partial charge < -0.3 is 14.8 Å². The minimum Gasteiger partial charge on any atom is -0.338 e. The third-order valence-corrected chi connectivity index (χ3v) is 5.65. The molecule has 0 radical (unpaired) electrons. The third kappa shape index (κ3) is 4.19. The lowest BCUT2D eigenvalue weighted by Crippen LogP contribution is -2.45. The number of nitrogens with one attached hydrogen (secondary N) is 1. The maximum absolute atomic E-state index is 12.3. The number of carbonyl (C=O) groups is 1. The third-order valence-electron chi connectivity index (χ3n) is 5.65. The van der Waals surface area contributed by atoms with Gasteiger partial charge in [0.1, 0.15) is 0 Å². The van der Waals surface area contributed by atoms with E-state index in [1.54, 1.807) is 17.7 Å². The predicted molar refractivity (Wildman–Crippen MR) is 95.2 cm³/mol. The Morgan fingerprint density at radius 1 is 1.17 bits per heavy atom. The molecule has 5 heteroatoms. The van der Waals surface area contributed by atoms with Gasteiger partial charge in [0.15, 0.2) is 0 Å². The minimum absolute atomic E-state index is 0.0418. The van der Waals surface area contributed by atoms with Gasteiger partial charge in [0.2, 0.25) is 0 Å². The molecule has 0 atom stereocenters. The van der Waals surface area contributed by atoms with Gasteiger partial charge in [0.25, 0.3) is 5.56 Å². The van der Waals surface area contributed by atoms with Gasteiger partial charge in [-0.25, -0.2) is 4.79 Å². The van der Waals surface area contributed by atoms with Gasteiger partial charge >= 0.3 is 6.03 Å². The molecule has 1 aliphatic heterocycles. The smallest absolute Gasteiger partial charge is 0.317 e. The molecule has 1 aromatic rings. The molecule has 1 saturated heterocycles. The van der Waals surface area contributed by atoms with Crippen LogP contribution in [0, 0.1) is 5.92 Å². The van der Waals surface area contributed by atoms with E-state index in [4.69, 9.17) is 0 Å². The van der Waals surface area contributed by atoms with Gasteiger partial charge in [-0.1, -0.05) is 19.3 Å². The van der Waals surface area contributed by atoms with Crippen molar-refractivity contribution < 1.29 is 4.79 Å². The highest BCUT2D eigenvalue weighted by Gasteiger charge is 2.24. The normalized spacial score (nSPS) is 20.1. The fourth-order valence-electron chi connectivity index (χ4n) is 3.97. The number of pyridine rings is 1. The molecule has 0 aromatic carbocycles. The van der Waals surface area contributed by atoms with Crippen molar-refractivity contribution in [1.82, 2.24) is 14.8 Å². The highest BCUT2D eigenvalue weighted by molar-refractivity contribution is 5.74. The van der Waals surface area contributed by atoms with E-state index in [0.29, 0.717) is 11.8 Å². The second-order valence-electron chi connectivity index (χ2n) is 7.36. The molecule has 1 N–H and O–H groups in total. The summed E-state index contributed by atoms with van der Waals surface area (Å²) in [7, 11) is 1.77. The Morgan fingerprint density at radius 3 is 2.54 bits per heavy atom. The van der Waals surface area contributed by atoms with Gasteiger partial charge in [-0.05, 0) is 49.1 Å². The molecule has 1 aromatic heterocycles. The van der Waals surface area contributed by atoms with Crippen molar-refractivity contribution in [2.24, 2.45) is 13.0 Å². The number of nitrogens with zero attached hydrogens (tertiary/aromatic N) is 2. The first kappa shape index (κ1) is 17.1. The molecule has 2 heterocycles. The Bertz CT molecular complexity index is 611. The maximum Gasteiger partial charge on any atom is 0.317 e. The van der Waals surface area contributed by atoms with Crippen molar-refractivity contribution in [3.05, 3.63) is 34.2 Å². The van der Waals surface area contributed by atoms with Crippen LogP contribution in [0.1, 0.15) is 56.4 Å². The monoisotopic (exact) mass is 331 g/mol. The van der Waals surface area contributed by atoms with Crippen LogP contribution in [0.2, 0.25) is 0 Å². The van der Waals surface area contributed by atoms with Crippen molar-refractivity contribution in [3.63, 3.8) is 0 Å². The summed E-state index contributed by atoms with van der Waals surface area (Å²) in [5.74, 6) is 1.06. The van der Waals surface area contributed by atoms with Crippen molar-refractivity contribution in [2.45, 2.75) is 50.9 Å². The molecule has 24 heavy (non-hydrogen) atoms. The highest BCUT2D eigenvalue weighted by Crippen LogP contribution is 2.27. The van der Waals surface area contributed by atoms with E-state index < -0.39 is 0 Å². The van der Waals surface area contributed by atoms with E-state index in [0.717, 1.165) is 38.0 Å². The lowest BCUT2D eigenvalue weighted by Gasteiger charge is -2.33. The fraction of sp³-hybridized carbons (Fsp3) is 0.684. The summed E-state index contributed by atoms with van der Waals surface area (Å²) in [5.41, 5.74) is 1.15. The Labute approximate surface area is 144 Å². The van der Waals surface area contributed by atoms with Crippen molar-refractivity contribution >= 4 is 6.03 Å². The topological polar surface area (TPSA) is 54.3 Å². The molecule has 0 spiro atoms. The van der Waals surface area contributed by atoms with E-state index in [2.05, 4.69) is 5.32 Å². The molecular formula is C19H29N3O2. The average Bonchev–Trinajstić information content (AvgIpc) is 2.63. The summed E-state index contributed by atoms with van der Waals surface area (Å²) < 4.78 is 1.59. The Balaban J connectivity index is 1.46. The van der Waals surface area contributed by atoms with Gasteiger partial charge in [0.05, 0.1) is 0 Å². The van der Waals surface area contributed by atoms with E-state index >= 15 is 0 Å². The van der Waals surface area contributed by atoms with Crippen molar-refractivity contribution in [3.8, 4) is 0 Å². The van der Waals surface area contributed by atoms with Crippen LogP contribution < -0.4 is 10.9 Å². The van der Waals surface area contributed by atoms with Crippen LogP contribution >= 0.6 is 0 Å². The first-order valence-electron chi connectivity index (χ1n) is 9.33. The van der Waals surface area contributed by atoms with Crippen molar-refractivity contribution in [1.29, 1.82) is 0 Å². The standard InChI is InChI=1S/C19H29N3O2/c1-21-10-7-17(13-18(21)23)16-8-11-22(12-9-16)19(24)20-14-15-5-3-2-4-6-15/h7,10,13,15-16H,2-6,8-9,11-12,14H2,1H3,(H,20,24). The number of aromatic nitrogens is 1.